The van der Waals surface area contributed by atoms with Crippen LogP contribution in [0, 0.1) is 46.3 Å². The lowest BCUT2D eigenvalue weighted by atomic mass is 9.43. The summed E-state index contributed by atoms with van der Waals surface area (Å²) in [7, 11) is 0. The molecule has 1 amide bonds. The van der Waals surface area contributed by atoms with Crippen molar-refractivity contribution in [3.8, 4) is 0 Å². The molecule has 0 radical (unpaired) electrons. The third-order valence-electron chi connectivity index (χ3n) is 11.0. The van der Waals surface area contributed by atoms with Gasteiger partial charge in [-0.3, -0.25) is 4.79 Å². The second-order valence-corrected chi connectivity index (χ2v) is 13.5. The van der Waals surface area contributed by atoms with Gasteiger partial charge in [-0.1, -0.05) is 26.8 Å². The van der Waals surface area contributed by atoms with E-state index in [1.165, 1.54) is 30.6 Å². The summed E-state index contributed by atoms with van der Waals surface area (Å²) in [6, 6.07) is 4.10. The van der Waals surface area contributed by atoms with Crippen molar-refractivity contribution >= 4 is 17.2 Å². The number of hydrogen-bond donors (Lipinski definition) is 3. The molecular weight excluding hydrogens is 430 g/mol. The average molecular weight is 474 g/mol. The number of aliphatic hydroxyl groups is 2. The standard InChI is InChI=1S/C28H43NO3S/c1-17(13-25(32)29-16-20-5-4-12-33-20)21-6-7-22-26-23(9-11-28(21,22)3)27(2)10-8-19(30)14-18(27)15-24(26)31/h4-5,12,17-19,21-24,26,30-31H,6-11,13-16H2,1-3H3,(H,29,32)/t17-,18+,19-,21?,22+,23+,24-,26+,27+,28-/m1/s1. The van der Waals surface area contributed by atoms with E-state index >= 15 is 0 Å². The van der Waals surface area contributed by atoms with Gasteiger partial charge in [0.2, 0.25) is 5.91 Å². The molecule has 10 atom stereocenters. The highest BCUT2D eigenvalue weighted by atomic mass is 32.1. The van der Waals surface area contributed by atoms with E-state index in [9.17, 15) is 15.0 Å². The zero-order valence-electron chi connectivity index (χ0n) is 20.6. The van der Waals surface area contributed by atoms with Gasteiger partial charge in [-0.15, -0.1) is 11.3 Å². The van der Waals surface area contributed by atoms with Gasteiger partial charge in [0.15, 0.2) is 0 Å². The Kier molecular flexibility index (Phi) is 6.46. The summed E-state index contributed by atoms with van der Waals surface area (Å²) in [6.45, 7) is 7.88. The van der Waals surface area contributed by atoms with Gasteiger partial charge in [0.05, 0.1) is 18.8 Å². The van der Waals surface area contributed by atoms with Crippen LogP contribution in [-0.4, -0.2) is 28.3 Å². The summed E-state index contributed by atoms with van der Waals surface area (Å²) in [5.74, 6) is 3.11. The van der Waals surface area contributed by atoms with Crippen molar-refractivity contribution < 1.29 is 15.0 Å². The number of rotatable bonds is 5. The molecule has 184 valence electrons. The first-order valence-electron chi connectivity index (χ1n) is 13.4. The number of thiophene rings is 1. The van der Waals surface area contributed by atoms with Crippen molar-refractivity contribution in [1.29, 1.82) is 0 Å². The molecule has 1 aromatic rings. The molecule has 0 aliphatic heterocycles. The number of amides is 1. The fraction of sp³-hybridized carbons (Fsp3) is 0.821. The van der Waals surface area contributed by atoms with Crippen LogP contribution >= 0.6 is 11.3 Å². The van der Waals surface area contributed by atoms with Crippen LogP contribution in [0.2, 0.25) is 0 Å². The van der Waals surface area contributed by atoms with E-state index in [-0.39, 0.29) is 28.9 Å². The van der Waals surface area contributed by atoms with Crippen molar-refractivity contribution in [2.45, 2.75) is 97.3 Å². The molecule has 1 heterocycles. The molecule has 5 heteroatoms. The zero-order chi connectivity index (χ0) is 23.4. The number of fused-ring (bicyclic) bond motifs is 5. The normalized spacial score (nSPS) is 45.5. The van der Waals surface area contributed by atoms with Crippen LogP contribution in [0.4, 0.5) is 0 Å². The molecule has 1 aromatic heterocycles. The Labute approximate surface area is 203 Å². The number of carbonyl (C=O) groups excluding carboxylic acids is 1. The lowest BCUT2D eigenvalue weighted by Crippen LogP contribution is -2.58. The molecule has 5 rings (SSSR count). The van der Waals surface area contributed by atoms with Crippen molar-refractivity contribution in [3.05, 3.63) is 22.4 Å². The first-order chi connectivity index (χ1) is 15.7. The zero-order valence-corrected chi connectivity index (χ0v) is 21.4. The quantitative estimate of drug-likeness (QED) is 0.538. The number of hydrogen-bond acceptors (Lipinski definition) is 4. The summed E-state index contributed by atoms with van der Waals surface area (Å²) in [5.41, 5.74) is 0.503. The Balaban J connectivity index is 1.27. The van der Waals surface area contributed by atoms with E-state index < -0.39 is 0 Å². The van der Waals surface area contributed by atoms with Gasteiger partial charge in [-0.2, -0.15) is 0 Å². The molecule has 1 unspecified atom stereocenters. The van der Waals surface area contributed by atoms with Gasteiger partial charge < -0.3 is 15.5 Å². The highest BCUT2D eigenvalue weighted by Crippen LogP contribution is 2.68. The summed E-state index contributed by atoms with van der Waals surface area (Å²) >= 11 is 1.69. The van der Waals surface area contributed by atoms with Crippen LogP contribution in [0.3, 0.4) is 0 Å². The molecule has 4 aliphatic carbocycles. The largest absolute Gasteiger partial charge is 0.393 e. The Morgan fingerprint density at radius 1 is 1.12 bits per heavy atom. The van der Waals surface area contributed by atoms with E-state index in [0.717, 1.165) is 25.7 Å². The predicted molar refractivity (Wildman–Crippen MR) is 133 cm³/mol. The van der Waals surface area contributed by atoms with E-state index in [0.29, 0.717) is 48.5 Å². The molecule has 4 aliphatic rings. The second-order valence-electron chi connectivity index (χ2n) is 12.5. The molecule has 4 saturated carbocycles. The first kappa shape index (κ1) is 23.8. The van der Waals surface area contributed by atoms with E-state index in [4.69, 9.17) is 0 Å². The SMILES string of the molecule is C[C@H](CC(=O)NCc1cccs1)C1CC[C@H]2[C@@H]3[C@H](O)C[C@@H]4C[C@H](O)CC[C@]4(C)[C@H]3CC[C@]12C. The third kappa shape index (κ3) is 4.10. The molecule has 0 spiro atoms. The minimum atomic E-state index is -0.230. The van der Waals surface area contributed by atoms with Crippen LogP contribution < -0.4 is 5.32 Å². The molecule has 4 fully saturated rings. The molecule has 0 bridgehead atoms. The van der Waals surface area contributed by atoms with Crippen LogP contribution in [0.5, 0.6) is 0 Å². The Morgan fingerprint density at radius 2 is 1.88 bits per heavy atom. The summed E-state index contributed by atoms with van der Waals surface area (Å²) in [4.78, 5) is 13.9. The molecule has 3 N–H and O–H groups in total. The van der Waals surface area contributed by atoms with Gasteiger partial charge in [-0.05, 0) is 109 Å². The molecular formula is C28H43NO3S. The fourth-order valence-electron chi connectivity index (χ4n) is 9.28. The number of aliphatic hydroxyl groups excluding tert-OH is 2. The molecule has 4 nitrogen and oxygen atoms in total. The van der Waals surface area contributed by atoms with Gasteiger partial charge in [0, 0.05) is 11.3 Å². The van der Waals surface area contributed by atoms with Crippen LogP contribution in [-0.2, 0) is 11.3 Å². The monoisotopic (exact) mass is 473 g/mol. The Morgan fingerprint density at radius 3 is 2.64 bits per heavy atom. The van der Waals surface area contributed by atoms with Gasteiger partial charge in [0.25, 0.3) is 0 Å². The minimum absolute atomic E-state index is 0.172. The highest BCUT2D eigenvalue weighted by Gasteiger charge is 2.62. The number of carbonyl (C=O) groups is 1. The van der Waals surface area contributed by atoms with E-state index in [2.05, 4.69) is 37.5 Å². The summed E-state index contributed by atoms with van der Waals surface area (Å²) in [5, 5.41) is 26.9. The minimum Gasteiger partial charge on any atom is -0.393 e. The maximum Gasteiger partial charge on any atom is 0.220 e. The maximum absolute atomic E-state index is 12.7. The molecule has 0 aromatic carbocycles. The second kappa shape index (κ2) is 8.95. The van der Waals surface area contributed by atoms with Crippen LogP contribution in [0.25, 0.3) is 0 Å². The predicted octanol–water partition coefficient (Wildman–Crippen LogP) is 5.38. The van der Waals surface area contributed by atoms with Gasteiger partial charge >= 0.3 is 0 Å². The van der Waals surface area contributed by atoms with Crippen molar-refractivity contribution in [1.82, 2.24) is 5.32 Å². The first-order valence-corrected chi connectivity index (χ1v) is 14.3. The van der Waals surface area contributed by atoms with Gasteiger partial charge in [0.1, 0.15) is 0 Å². The summed E-state index contributed by atoms with van der Waals surface area (Å²) in [6.07, 6.45) is 8.79. The molecule has 0 saturated heterocycles. The Hall–Kier alpha value is -0.910. The smallest absolute Gasteiger partial charge is 0.220 e. The summed E-state index contributed by atoms with van der Waals surface area (Å²) < 4.78 is 0. The van der Waals surface area contributed by atoms with Crippen molar-refractivity contribution in [3.63, 3.8) is 0 Å². The Bertz CT molecular complexity index is 842. The fourth-order valence-corrected chi connectivity index (χ4v) is 9.93. The number of nitrogens with one attached hydrogen (secondary N) is 1. The maximum atomic E-state index is 12.7. The lowest BCUT2D eigenvalue weighted by molar-refractivity contribution is -0.174. The van der Waals surface area contributed by atoms with Crippen LogP contribution in [0.15, 0.2) is 17.5 Å². The van der Waals surface area contributed by atoms with Crippen LogP contribution in [0.1, 0.15) is 83.4 Å². The van der Waals surface area contributed by atoms with E-state index in [1.54, 1.807) is 11.3 Å². The van der Waals surface area contributed by atoms with Gasteiger partial charge in [-0.25, -0.2) is 0 Å². The van der Waals surface area contributed by atoms with Crippen molar-refractivity contribution in [2.75, 3.05) is 0 Å². The highest BCUT2D eigenvalue weighted by molar-refractivity contribution is 7.09. The molecule has 33 heavy (non-hydrogen) atoms. The third-order valence-corrected chi connectivity index (χ3v) is 11.8. The van der Waals surface area contributed by atoms with E-state index in [1.807, 2.05) is 6.07 Å². The average Bonchev–Trinajstić information content (AvgIpc) is 3.41. The topological polar surface area (TPSA) is 69.6 Å². The lowest BCUT2D eigenvalue weighted by Gasteiger charge is -2.62. The van der Waals surface area contributed by atoms with Crippen molar-refractivity contribution in [2.24, 2.45) is 46.3 Å².